The van der Waals surface area contributed by atoms with E-state index in [9.17, 15) is 32.3 Å². The second-order valence-corrected chi connectivity index (χ2v) is 15.7. The predicted octanol–water partition coefficient (Wildman–Crippen LogP) is 7.30. The fraction of sp³-hybridized carbons (Fsp3) is 0.263. The lowest BCUT2D eigenvalue weighted by atomic mass is 9.68. The zero-order valence-electron chi connectivity index (χ0n) is 26.6. The number of halogens is 3. The number of thiazole rings is 1. The van der Waals surface area contributed by atoms with Gasteiger partial charge in [0.05, 0.1) is 28.1 Å². The Kier molecular flexibility index (Phi) is 7.44. The minimum absolute atomic E-state index is 0.0708. The molecule has 1 aromatic heterocycles. The molecule has 5 aromatic rings. The standard InChI is InChI=1S/C38H28F3N3O5S2/c39-38(40,41)20-9-5-10-21(15-20)44-35(46)30-24-16-25(31(30)36(44)47)32-29(24)28(33-34(50-32)43-37(48)51-33)19-8-3-11-22(14-19)49-17-27(45)42-26-13-4-7-18-6-1-2-12-23(18)26/h1-15,24-25,28-32H,16-17H2,(H,42,45)(H,43,48)/t24-,25-,28-,29?,30?,31?,32?/m1/s1. The van der Waals surface area contributed by atoms with Crippen molar-refractivity contribution in [1.29, 1.82) is 0 Å². The van der Waals surface area contributed by atoms with E-state index in [0.29, 0.717) is 17.9 Å². The van der Waals surface area contributed by atoms with Gasteiger partial charge in [0.15, 0.2) is 6.61 Å². The van der Waals surface area contributed by atoms with Gasteiger partial charge in [-0.25, -0.2) is 0 Å². The van der Waals surface area contributed by atoms with Gasteiger partial charge in [-0.15, -0.1) is 11.8 Å². The smallest absolute Gasteiger partial charge is 0.416 e. The van der Waals surface area contributed by atoms with E-state index in [1.807, 2.05) is 60.7 Å². The van der Waals surface area contributed by atoms with Gasteiger partial charge in [-0.3, -0.25) is 24.1 Å². The number of hydrogen-bond donors (Lipinski definition) is 2. The number of benzene rings is 4. The number of thioether (sulfide) groups is 1. The van der Waals surface area contributed by atoms with Crippen molar-refractivity contribution in [3.63, 3.8) is 0 Å². The summed E-state index contributed by atoms with van der Waals surface area (Å²) < 4.78 is 46.7. The largest absolute Gasteiger partial charge is 0.484 e. The first-order chi connectivity index (χ1) is 24.6. The molecule has 7 atom stereocenters. The molecular formula is C38H28F3N3O5S2. The number of imide groups is 1. The lowest BCUT2D eigenvalue weighted by Crippen LogP contribution is -2.42. The van der Waals surface area contributed by atoms with Crippen molar-refractivity contribution < 1.29 is 32.3 Å². The van der Waals surface area contributed by atoms with Crippen LogP contribution in [0.15, 0.2) is 101 Å². The first-order valence-corrected chi connectivity index (χ1v) is 18.2. The van der Waals surface area contributed by atoms with E-state index in [4.69, 9.17) is 4.74 Å². The van der Waals surface area contributed by atoms with Crippen molar-refractivity contribution in [2.24, 2.45) is 29.6 Å². The lowest BCUT2D eigenvalue weighted by Gasteiger charge is -2.43. The highest BCUT2D eigenvalue weighted by Gasteiger charge is 2.69. The molecule has 0 spiro atoms. The lowest BCUT2D eigenvalue weighted by molar-refractivity contribution is -0.137. The third kappa shape index (κ3) is 5.19. The number of amides is 3. The third-order valence-electron chi connectivity index (χ3n) is 10.8. The monoisotopic (exact) mass is 727 g/mol. The van der Waals surface area contributed by atoms with E-state index in [-0.39, 0.29) is 52.0 Å². The average molecular weight is 728 g/mol. The Morgan fingerprint density at radius 2 is 1.65 bits per heavy atom. The van der Waals surface area contributed by atoms with Crippen LogP contribution < -0.4 is 19.8 Å². The van der Waals surface area contributed by atoms with E-state index >= 15 is 0 Å². The van der Waals surface area contributed by atoms with Crippen LogP contribution in [0.4, 0.5) is 24.5 Å². The molecule has 3 heterocycles. The molecular weight excluding hydrogens is 700 g/mol. The number of carbonyl (C=O) groups is 3. The molecule has 4 aromatic carbocycles. The van der Waals surface area contributed by atoms with Crippen LogP contribution in [0.1, 0.15) is 28.3 Å². The van der Waals surface area contributed by atoms with Crippen molar-refractivity contribution in [2.75, 3.05) is 16.8 Å². The second-order valence-electron chi connectivity index (χ2n) is 13.5. The summed E-state index contributed by atoms with van der Waals surface area (Å²) in [5.41, 5.74) is 0.534. The Hall–Kier alpha value is -4.88. The number of aromatic nitrogens is 1. The summed E-state index contributed by atoms with van der Waals surface area (Å²) in [7, 11) is 0. The number of nitrogens with one attached hydrogen (secondary N) is 2. The van der Waals surface area contributed by atoms with Crippen LogP contribution in [-0.2, 0) is 20.6 Å². The van der Waals surface area contributed by atoms with Gasteiger partial charge in [0.1, 0.15) is 5.75 Å². The summed E-state index contributed by atoms with van der Waals surface area (Å²) in [5, 5.41) is 5.47. The summed E-state index contributed by atoms with van der Waals surface area (Å²) in [6.45, 7) is -0.238. The summed E-state index contributed by atoms with van der Waals surface area (Å²) >= 11 is 2.64. The number of hydrogen-bond acceptors (Lipinski definition) is 7. The molecule has 8 nitrogen and oxygen atoms in total. The summed E-state index contributed by atoms with van der Waals surface area (Å²) in [5.74, 6) is -2.96. The van der Waals surface area contributed by atoms with E-state index in [1.54, 1.807) is 6.07 Å². The Bertz CT molecular complexity index is 2320. The quantitative estimate of drug-likeness (QED) is 0.178. The minimum Gasteiger partial charge on any atom is -0.484 e. The number of anilines is 2. The van der Waals surface area contributed by atoms with Crippen LogP contribution in [0.2, 0.25) is 0 Å². The second kappa shape index (κ2) is 11.8. The van der Waals surface area contributed by atoms with Crippen LogP contribution in [0.3, 0.4) is 0 Å². The topological polar surface area (TPSA) is 109 Å². The number of carbonyl (C=O) groups excluding carboxylic acids is 3. The van der Waals surface area contributed by atoms with E-state index in [2.05, 4.69) is 10.3 Å². The summed E-state index contributed by atoms with van der Waals surface area (Å²) in [6.07, 6.45) is -3.99. The maximum Gasteiger partial charge on any atom is 0.416 e. The predicted molar refractivity (Wildman–Crippen MR) is 187 cm³/mol. The van der Waals surface area contributed by atoms with E-state index in [1.165, 1.54) is 23.9 Å². The van der Waals surface area contributed by atoms with Crippen molar-refractivity contribution in [1.82, 2.24) is 4.98 Å². The van der Waals surface area contributed by atoms with Gasteiger partial charge in [0.25, 0.3) is 5.91 Å². The highest BCUT2D eigenvalue weighted by atomic mass is 32.2. The molecule has 2 bridgehead atoms. The van der Waals surface area contributed by atoms with Crippen molar-refractivity contribution in [3.05, 3.63) is 117 Å². The molecule has 1 saturated heterocycles. The van der Waals surface area contributed by atoms with Gasteiger partial charge in [0, 0.05) is 27.1 Å². The Morgan fingerprint density at radius 1 is 0.902 bits per heavy atom. The normalized spacial score (nSPS) is 26.3. The summed E-state index contributed by atoms with van der Waals surface area (Å²) in [4.78, 5) is 58.1. The molecule has 0 radical (unpaired) electrons. The third-order valence-corrected chi connectivity index (χ3v) is 13.4. The van der Waals surface area contributed by atoms with Gasteiger partial charge in [-0.1, -0.05) is 65.9 Å². The first-order valence-electron chi connectivity index (χ1n) is 16.5. The molecule has 258 valence electrons. The van der Waals surface area contributed by atoms with Crippen LogP contribution in [-0.4, -0.2) is 34.6 Å². The molecule has 2 saturated carbocycles. The molecule has 13 heteroatoms. The van der Waals surface area contributed by atoms with Crippen LogP contribution in [0.5, 0.6) is 5.75 Å². The van der Waals surface area contributed by atoms with Crippen LogP contribution in [0.25, 0.3) is 10.8 Å². The van der Waals surface area contributed by atoms with Crippen molar-refractivity contribution in [3.8, 4) is 5.75 Å². The van der Waals surface area contributed by atoms with Gasteiger partial charge in [-0.2, -0.15) is 13.2 Å². The highest BCUT2D eigenvalue weighted by Crippen LogP contribution is 2.68. The van der Waals surface area contributed by atoms with E-state index < -0.39 is 35.4 Å². The number of H-pyrrole nitrogens is 1. The zero-order valence-corrected chi connectivity index (χ0v) is 28.2. The number of alkyl halides is 3. The SMILES string of the molecule is O=C(COc1cccc([C@H]2c3sc(=O)[nH]c3SC3C2[C@H]2C[C@@H]3C3C(=O)N(c4cccc(C(F)(F)F)c4)C(=O)C32)c1)Nc1cccc2ccccc12. The van der Waals surface area contributed by atoms with Crippen molar-refractivity contribution >= 4 is 63.0 Å². The number of nitrogens with zero attached hydrogens (tertiary/aromatic N) is 1. The molecule has 2 N–H and O–H groups in total. The maximum absolute atomic E-state index is 14.0. The van der Waals surface area contributed by atoms with Gasteiger partial charge < -0.3 is 15.0 Å². The zero-order chi connectivity index (χ0) is 35.2. The maximum atomic E-state index is 14.0. The molecule has 4 unspecified atom stereocenters. The Morgan fingerprint density at radius 3 is 2.47 bits per heavy atom. The van der Waals surface area contributed by atoms with Gasteiger partial charge >= 0.3 is 11.0 Å². The molecule has 51 heavy (non-hydrogen) atoms. The Balaban J connectivity index is 0.998. The van der Waals surface area contributed by atoms with Gasteiger partial charge in [0.2, 0.25) is 11.8 Å². The molecule has 4 aliphatic rings. The highest BCUT2D eigenvalue weighted by molar-refractivity contribution is 8.00. The fourth-order valence-corrected chi connectivity index (χ4v) is 11.8. The van der Waals surface area contributed by atoms with Crippen LogP contribution >= 0.6 is 23.1 Å². The number of ether oxygens (including phenoxy) is 1. The number of rotatable bonds is 6. The van der Waals surface area contributed by atoms with Gasteiger partial charge in [-0.05, 0) is 71.5 Å². The molecule has 2 aliphatic carbocycles. The van der Waals surface area contributed by atoms with Crippen molar-refractivity contribution in [2.45, 2.75) is 28.8 Å². The molecule has 9 rings (SSSR count). The first kappa shape index (κ1) is 32.1. The minimum atomic E-state index is -4.62. The Labute approximate surface area is 297 Å². The molecule has 2 aliphatic heterocycles. The number of aromatic amines is 1. The molecule has 3 fully saturated rings. The summed E-state index contributed by atoms with van der Waals surface area (Å²) in [6, 6.07) is 25.2. The van der Waals surface area contributed by atoms with E-state index in [0.717, 1.165) is 54.6 Å². The fourth-order valence-electron chi connectivity index (χ4n) is 8.93. The number of fused-ring (bicyclic) bond motifs is 10. The average Bonchev–Trinajstić information content (AvgIpc) is 3.86. The molecule has 3 amide bonds. The van der Waals surface area contributed by atoms with Crippen LogP contribution in [0, 0.1) is 29.6 Å².